The molecule has 1 saturated carbocycles. The van der Waals surface area contributed by atoms with E-state index in [0.717, 1.165) is 5.56 Å². The molecule has 0 bridgehead atoms. The van der Waals surface area contributed by atoms with Crippen molar-refractivity contribution >= 4 is 11.6 Å². The van der Waals surface area contributed by atoms with E-state index in [0.29, 0.717) is 6.42 Å². The number of carbonyl (C=O) groups is 2. The molecule has 2 rings (SSSR count). The van der Waals surface area contributed by atoms with E-state index in [2.05, 4.69) is 0 Å². The van der Waals surface area contributed by atoms with E-state index in [9.17, 15) is 14.0 Å². The molecule has 1 fully saturated rings. The highest BCUT2D eigenvalue weighted by molar-refractivity contribution is 6.03. The molecule has 16 heavy (non-hydrogen) atoms. The van der Waals surface area contributed by atoms with Gasteiger partial charge in [-0.3, -0.25) is 9.59 Å². The highest BCUT2D eigenvalue weighted by Gasteiger charge is 2.33. The fourth-order valence-corrected chi connectivity index (χ4v) is 2.22. The van der Waals surface area contributed by atoms with Crippen LogP contribution in [0.2, 0.25) is 0 Å². The molecule has 84 valence electrons. The van der Waals surface area contributed by atoms with Gasteiger partial charge in [0.05, 0.1) is 6.42 Å². The molecule has 0 heterocycles. The second-order valence-electron chi connectivity index (χ2n) is 4.34. The number of rotatable bonds is 1. The molecule has 0 amide bonds. The minimum Gasteiger partial charge on any atom is -0.299 e. The van der Waals surface area contributed by atoms with E-state index in [1.807, 2.05) is 6.92 Å². The van der Waals surface area contributed by atoms with Crippen LogP contribution in [0.3, 0.4) is 0 Å². The zero-order valence-corrected chi connectivity index (χ0v) is 9.07. The number of Topliss-reactive ketones (excluding diaryl/α,β-unsaturated/α-hetero) is 2. The van der Waals surface area contributed by atoms with Gasteiger partial charge in [0.2, 0.25) is 0 Å². The van der Waals surface area contributed by atoms with Gasteiger partial charge in [-0.1, -0.05) is 19.1 Å². The molecule has 0 N–H and O–H groups in total. The summed E-state index contributed by atoms with van der Waals surface area (Å²) >= 11 is 0. The topological polar surface area (TPSA) is 34.1 Å². The molecule has 1 aromatic carbocycles. The van der Waals surface area contributed by atoms with Crippen LogP contribution in [0.15, 0.2) is 24.3 Å². The first-order valence-corrected chi connectivity index (χ1v) is 5.38. The summed E-state index contributed by atoms with van der Waals surface area (Å²) in [6.45, 7) is 1.81. The zero-order chi connectivity index (χ0) is 11.7. The van der Waals surface area contributed by atoms with Crippen molar-refractivity contribution in [2.75, 3.05) is 0 Å². The summed E-state index contributed by atoms with van der Waals surface area (Å²) in [5.74, 6) is -0.762. The highest BCUT2D eigenvalue weighted by atomic mass is 19.1. The molecule has 2 unspecified atom stereocenters. The maximum absolute atomic E-state index is 13.1. The summed E-state index contributed by atoms with van der Waals surface area (Å²) in [5.41, 5.74) is 0.744. The van der Waals surface area contributed by atoms with Crippen molar-refractivity contribution in [3.8, 4) is 0 Å². The Morgan fingerprint density at radius 2 is 2.06 bits per heavy atom. The lowest BCUT2D eigenvalue weighted by Crippen LogP contribution is -2.29. The minimum atomic E-state index is -0.324. The molecule has 0 aromatic heterocycles. The first kappa shape index (κ1) is 11.0. The first-order chi connectivity index (χ1) is 7.58. The quantitative estimate of drug-likeness (QED) is 0.681. The van der Waals surface area contributed by atoms with Gasteiger partial charge in [-0.05, 0) is 17.7 Å². The number of carbonyl (C=O) groups excluding carboxylic acids is 2. The Balaban J connectivity index is 2.32. The fourth-order valence-electron chi connectivity index (χ4n) is 2.22. The van der Waals surface area contributed by atoms with Gasteiger partial charge < -0.3 is 0 Å². The van der Waals surface area contributed by atoms with Crippen molar-refractivity contribution in [2.45, 2.75) is 25.7 Å². The monoisotopic (exact) mass is 220 g/mol. The third kappa shape index (κ3) is 2.03. The number of halogens is 1. The van der Waals surface area contributed by atoms with Gasteiger partial charge in [0.1, 0.15) is 17.4 Å². The molecule has 2 atom stereocenters. The van der Waals surface area contributed by atoms with E-state index in [4.69, 9.17) is 0 Å². The van der Waals surface area contributed by atoms with Crippen LogP contribution in [0.5, 0.6) is 0 Å². The molecule has 2 nitrogen and oxygen atoms in total. The molecule has 0 spiro atoms. The minimum absolute atomic E-state index is 0.0347. The van der Waals surface area contributed by atoms with E-state index >= 15 is 0 Å². The van der Waals surface area contributed by atoms with Crippen LogP contribution in [0.4, 0.5) is 4.39 Å². The fraction of sp³-hybridized carbons (Fsp3) is 0.385. The Hall–Kier alpha value is -1.51. The van der Waals surface area contributed by atoms with Gasteiger partial charge in [0.15, 0.2) is 0 Å². The van der Waals surface area contributed by atoms with Gasteiger partial charge in [0.25, 0.3) is 0 Å². The van der Waals surface area contributed by atoms with Gasteiger partial charge in [-0.15, -0.1) is 0 Å². The van der Waals surface area contributed by atoms with Crippen LogP contribution in [-0.4, -0.2) is 11.6 Å². The molecule has 0 aliphatic heterocycles. The average molecular weight is 220 g/mol. The molecule has 0 saturated heterocycles. The lowest BCUT2D eigenvalue weighted by molar-refractivity contribution is -0.133. The number of ketones is 2. The number of benzene rings is 1. The standard InChI is InChI=1S/C13H13FO2/c1-8-12(6-11(15)7-13(8)16)9-3-2-4-10(14)5-9/h2-5,8,12H,6-7H2,1H3. The predicted octanol–water partition coefficient (Wildman–Crippen LogP) is 2.48. The second-order valence-corrected chi connectivity index (χ2v) is 4.34. The number of hydrogen-bond donors (Lipinski definition) is 0. The van der Waals surface area contributed by atoms with Crippen molar-refractivity contribution in [1.29, 1.82) is 0 Å². The van der Waals surface area contributed by atoms with Crippen LogP contribution >= 0.6 is 0 Å². The van der Waals surface area contributed by atoms with E-state index in [1.165, 1.54) is 12.1 Å². The molecule has 1 aliphatic carbocycles. The highest BCUT2D eigenvalue weighted by Crippen LogP contribution is 2.34. The molecule has 0 radical (unpaired) electrons. The van der Waals surface area contributed by atoms with Crippen molar-refractivity contribution in [2.24, 2.45) is 5.92 Å². The van der Waals surface area contributed by atoms with Gasteiger partial charge in [0, 0.05) is 18.3 Å². The Labute approximate surface area is 93.5 Å². The van der Waals surface area contributed by atoms with Crippen molar-refractivity contribution < 1.29 is 14.0 Å². The molecule has 3 heteroatoms. The van der Waals surface area contributed by atoms with Crippen LogP contribution < -0.4 is 0 Å². The summed E-state index contributed by atoms with van der Waals surface area (Å²) in [7, 11) is 0. The van der Waals surface area contributed by atoms with Crippen molar-refractivity contribution in [1.82, 2.24) is 0 Å². The largest absolute Gasteiger partial charge is 0.299 e. The van der Waals surface area contributed by atoms with Gasteiger partial charge in [-0.2, -0.15) is 0 Å². The molecular formula is C13H13FO2. The SMILES string of the molecule is CC1C(=O)CC(=O)CC1c1cccc(F)c1. The Bertz CT molecular complexity index is 439. The lowest BCUT2D eigenvalue weighted by atomic mass is 9.75. The van der Waals surface area contributed by atoms with E-state index in [1.54, 1.807) is 12.1 Å². The Morgan fingerprint density at radius 3 is 2.75 bits per heavy atom. The van der Waals surface area contributed by atoms with Crippen LogP contribution in [0, 0.1) is 11.7 Å². The van der Waals surface area contributed by atoms with Gasteiger partial charge in [-0.25, -0.2) is 4.39 Å². The maximum Gasteiger partial charge on any atom is 0.143 e. The second kappa shape index (κ2) is 4.16. The summed E-state index contributed by atoms with van der Waals surface area (Å²) in [6, 6.07) is 6.16. The molecular weight excluding hydrogens is 207 g/mol. The van der Waals surface area contributed by atoms with E-state index < -0.39 is 0 Å². The summed E-state index contributed by atoms with van der Waals surface area (Å²) in [4.78, 5) is 22.9. The van der Waals surface area contributed by atoms with Crippen LogP contribution in [0.25, 0.3) is 0 Å². The first-order valence-electron chi connectivity index (χ1n) is 5.38. The molecule has 1 aromatic rings. The summed E-state index contributed by atoms with van der Waals surface area (Å²) < 4.78 is 13.1. The average Bonchev–Trinajstić information content (AvgIpc) is 2.23. The third-order valence-electron chi connectivity index (χ3n) is 3.21. The Kier molecular flexibility index (Phi) is 2.86. The summed E-state index contributed by atoms with van der Waals surface area (Å²) in [6.07, 6.45) is 0.378. The smallest absolute Gasteiger partial charge is 0.143 e. The van der Waals surface area contributed by atoms with Crippen molar-refractivity contribution in [3.05, 3.63) is 35.6 Å². The predicted molar refractivity (Wildman–Crippen MR) is 57.6 cm³/mol. The number of hydrogen-bond acceptors (Lipinski definition) is 2. The van der Waals surface area contributed by atoms with E-state index in [-0.39, 0.29) is 35.6 Å². The molecule has 1 aliphatic rings. The van der Waals surface area contributed by atoms with Crippen molar-refractivity contribution in [3.63, 3.8) is 0 Å². The third-order valence-corrected chi connectivity index (χ3v) is 3.21. The van der Waals surface area contributed by atoms with Crippen LogP contribution in [0.1, 0.15) is 31.2 Å². The van der Waals surface area contributed by atoms with Crippen LogP contribution in [-0.2, 0) is 9.59 Å². The zero-order valence-electron chi connectivity index (χ0n) is 9.07. The lowest BCUT2D eigenvalue weighted by Gasteiger charge is -2.27. The van der Waals surface area contributed by atoms with Gasteiger partial charge >= 0.3 is 0 Å². The Morgan fingerprint density at radius 1 is 1.31 bits per heavy atom. The maximum atomic E-state index is 13.1. The summed E-state index contributed by atoms with van der Waals surface area (Å²) in [5, 5.41) is 0. The normalized spacial score (nSPS) is 25.9.